The van der Waals surface area contributed by atoms with Crippen LogP contribution in [0.15, 0.2) is 46.1 Å². The summed E-state index contributed by atoms with van der Waals surface area (Å²) in [6.45, 7) is 1.02. The lowest BCUT2D eigenvalue weighted by Crippen LogP contribution is -2.47. The van der Waals surface area contributed by atoms with Crippen molar-refractivity contribution in [1.82, 2.24) is 24.8 Å². The van der Waals surface area contributed by atoms with Gasteiger partial charge in [-0.2, -0.15) is 5.10 Å². The third-order valence-corrected chi connectivity index (χ3v) is 9.04. The molecule has 4 heterocycles. The van der Waals surface area contributed by atoms with Crippen molar-refractivity contribution in [1.29, 1.82) is 0 Å². The van der Waals surface area contributed by atoms with E-state index in [-0.39, 0.29) is 43.2 Å². The number of rotatable bonds is 5. The molecule has 0 radical (unpaired) electrons. The van der Waals surface area contributed by atoms with Crippen LogP contribution in [0.1, 0.15) is 18.4 Å². The van der Waals surface area contributed by atoms with Crippen molar-refractivity contribution in [3.8, 4) is 16.9 Å². The highest BCUT2D eigenvalue weighted by atomic mass is 35.5. The van der Waals surface area contributed by atoms with E-state index < -0.39 is 11.1 Å². The van der Waals surface area contributed by atoms with Crippen LogP contribution in [0.5, 0.6) is 5.75 Å². The van der Waals surface area contributed by atoms with Crippen molar-refractivity contribution in [2.24, 2.45) is 4.99 Å². The Kier molecular flexibility index (Phi) is 8.21. The van der Waals surface area contributed by atoms with Crippen molar-refractivity contribution in [2.75, 3.05) is 20.2 Å². The van der Waals surface area contributed by atoms with Crippen LogP contribution in [0.2, 0.25) is 0 Å². The second-order valence-electron chi connectivity index (χ2n) is 7.53. The van der Waals surface area contributed by atoms with Crippen molar-refractivity contribution >= 4 is 57.3 Å². The first-order valence-electron chi connectivity index (χ1n) is 9.87. The molecule has 8 nitrogen and oxygen atoms in total. The van der Waals surface area contributed by atoms with Crippen LogP contribution in [-0.4, -0.2) is 67.0 Å². The highest BCUT2D eigenvalue weighted by Gasteiger charge is 2.36. The smallest absolute Gasteiger partial charge is 0.150 e. The zero-order valence-corrected chi connectivity index (χ0v) is 20.6. The van der Waals surface area contributed by atoms with Crippen LogP contribution in [0, 0.1) is 0 Å². The maximum Gasteiger partial charge on any atom is 0.150 e. The first-order valence-corrected chi connectivity index (χ1v) is 12.0. The van der Waals surface area contributed by atoms with Crippen molar-refractivity contribution in [2.45, 2.75) is 30.0 Å². The monoisotopic (exact) mass is 516 g/mol. The Bertz CT molecular complexity index is 1080. The van der Waals surface area contributed by atoms with E-state index in [1.54, 1.807) is 18.5 Å². The molecule has 4 N–H and O–H groups in total. The molecule has 3 aromatic rings. The van der Waals surface area contributed by atoms with Crippen LogP contribution < -0.4 is 5.32 Å². The summed E-state index contributed by atoms with van der Waals surface area (Å²) in [7, 11) is 2.12. The minimum atomic E-state index is -0.948. The number of aliphatic hydroxyl groups excluding tert-OH is 1. The Balaban J connectivity index is 0.00000144. The quantitative estimate of drug-likeness (QED) is 0.332. The summed E-state index contributed by atoms with van der Waals surface area (Å²) >= 11 is 0.587. The molecule has 0 bridgehead atoms. The largest absolute Gasteiger partial charge is 0.507 e. The third kappa shape index (κ3) is 4.54. The summed E-state index contributed by atoms with van der Waals surface area (Å²) in [5.74, 6) is 0.210. The fourth-order valence-corrected chi connectivity index (χ4v) is 7.58. The number of piperidine rings is 1. The number of hydrogen-bond acceptors (Lipinski definition) is 8. The molecule has 2 aliphatic heterocycles. The molecule has 1 fully saturated rings. The number of thiol groups is 1. The van der Waals surface area contributed by atoms with Crippen LogP contribution >= 0.6 is 47.2 Å². The van der Waals surface area contributed by atoms with Gasteiger partial charge in [0.05, 0.1) is 18.3 Å². The molecule has 1 saturated heterocycles. The second kappa shape index (κ2) is 10.5. The van der Waals surface area contributed by atoms with E-state index in [4.69, 9.17) is 4.99 Å². The van der Waals surface area contributed by atoms with Gasteiger partial charge in [0.25, 0.3) is 0 Å². The number of nitrogens with zero attached hydrogens (tertiary/aromatic N) is 4. The highest BCUT2D eigenvalue weighted by molar-refractivity contribution is 8.29. The number of halogens is 2. The van der Waals surface area contributed by atoms with Gasteiger partial charge >= 0.3 is 0 Å². The fourth-order valence-electron chi connectivity index (χ4n) is 4.11. The molecule has 2 aliphatic rings. The average molecular weight is 518 g/mol. The minimum absolute atomic E-state index is 0. The molecular formula is C20H26Cl2N6O2S2. The van der Waals surface area contributed by atoms with Gasteiger partial charge in [0, 0.05) is 29.4 Å². The molecule has 0 spiro atoms. The molecule has 0 saturated carbocycles. The standard InChI is InChI=1S/C20H24N6O2S2.2ClH/c1-26(15-4-5-21-14(7-15)10-27)30-19(25-18-20(30)22-11-29-18)16-3-2-12(6-17(16)28)13-8-23-24-9-13;;/h2-3,6,8-9,11,14-15,21,27-28,30H,4-5,7,10H2,1H3,(H,23,24);2*1H/t14-,15+;;/m1../s1. The van der Waals surface area contributed by atoms with Gasteiger partial charge in [0.15, 0.2) is 5.00 Å². The Morgan fingerprint density at radius 3 is 2.84 bits per heavy atom. The van der Waals surface area contributed by atoms with Crippen LogP contribution in [-0.2, 0) is 0 Å². The number of aromatic hydroxyl groups is 1. The normalized spacial score (nSPS) is 23.2. The summed E-state index contributed by atoms with van der Waals surface area (Å²) in [5, 5.41) is 33.5. The number of fused-ring (bicyclic) bond motifs is 1. The lowest BCUT2D eigenvalue weighted by molar-refractivity contribution is 0.184. The number of thiazole rings is 1. The fraction of sp³-hybridized carbons (Fsp3) is 0.350. The summed E-state index contributed by atoms with van der Waals surface area (Å²) in [6.07, 6.45) is 5.42. The van der Waals surface area contributed by atoms with Crippen LogP contribution in [0.25, 0.3) is 11.1 Å². The molecule has 0 aliphatic carbocycles. The maximum atomic E-state index is 10.9. The number of phenolic OH excluding ortho intramolecular Hbond substituents is 1. The molecule has 174 valence electrons. The highest BCUT2D eigenvalue weighted by Crippen LogP contribution is 2.55. The molecule has 1 unspecified atom stereocenters. The van der Waals surface area contributed by atoms with E-state index in [0.717, 1.165) is 51.1 Å². The number of benzene rings is 1. The van der Waals surface area contributed by atoms with E-state index >= 15 is 0 Å². The van der Waals surface area contributed by atoms with E-state index in [1.807, 2.05) is 17.6 Å². The summed E-state index contributed by atoms with van der Waals surface area (Å²) in [6, 6.07) is 6.13. The lowest BCUT2D eigenvalue weighted by Gasteiger charge is -2.40. The molecule has 12 heteroatoms. The van der Waals surface area contributed by atoms with Gasteiger partial charge in [-0.05, 0) is 44.1 Å². The van der Waals surface area contributed by atoms with Crippen LogP contribution in [0.3, 0.4) is 0 Å². The van der Waals surface area contributed by atoms with E-state index in [0.29, 0.717) is 6.04 Å². The zero-order chi connectivity index (χ0) is 20.7. The van der Waals surface area contributed by atoms with E-state index in [9.17, 15) is 10.2 Å². The second-order valence-corrected chi connectivity index (χ2v) is 10.5. The maximum absolute atomic E-state index is 10.9. The number of aromatic nitrogens is 3. The molecule has 3 atom stereocenters. The van der Waals surface area contributed by atoms with Crippen molar-refractivity contribution < 1.29 is 10.2 Å². The first-order chi connectivity index (χ1) is 14.7. The summed E-state index contributed by atoms with van der Waals surface area (Å²) in [5.41, 5.74) is 4.42. The number of phenols is 1. The number of aromatic amines is 1. The average Bonchev–Trinajstić information content (AvgIpc) is 3.50. The molecular weight excluding hydrogens is 491 g/mol. The number of H-pyrrole nitrogens is 1. The Labute approximate surface area is 205 Å². The van der Waals surface area contributed by atoms with Gasteiger partial charge < -0.3 is 15.5 Å². The molecule has 0 amide bonds. The summed E-state index contributed by atoms with van der Waals surface area (Å²) in [4.78, 5) is 9.52. The molecule has 1 aromatic carbocycles. The molecule has 32 heavy (non-hydrogen) atoms. The van der Waals surface area contributed by atoms with Gasteiger partial charge in [-0.1, -0.05) is 6.07 Å². The van der Waals surface area contributed by atoms with Crippen molar-refractivity contribution in [3.63, 3.8) is 0 Å². The van der Waals surface area contributed by atoms with E-state index in [2.05, 4.69) is 31.9 Å². The number of aliphatic imine (C=N–C) groups is 1. The number of aliphatic hydroxyl groups is 1. The zero-order valence-electron chi connectivity index (χ0n) is 17.3. The van der Waals surface area contributed by atoms with Crippen molar-refractivity contribution in [3.05, 3.63) is 41.7 Å². The number of hydrogen-bond donors (Lipinski definition) is 5. The topological polar surface area (TPSA) is 110 Å². The van der Waals surface area contributed by atoms with Gasteiger partial charge in [-0.3, -0.25) is 9.40 Å². The Morgan fingerprint density at radius 2 is 2.12 bits per heavy atom. The van der Waals surface area contributed by atoms with Gasteiger partial charge in [-0.25, -0.2) is 9.98 Å². The van der Waals surface area contributed by atoms with Crippen LogP contribution in [0.4, 0.5) is 5.00 Å². The third-order valence-electron chi connectivity index (χ3n) is 5.74. The lowest BCUT2D eigenvalue weighted by atomic mass is 10.0. The Hall–Kier alpha value is -1.66. The predicted molar refractivity (Wildman–Crippen MR) is 135 cm³/mol. The molecule has 2 aromatic heterocycles. The number of nitrogens with one attached hydrogen (secondary N) is 2. The first kappa shape index (κ1) is 25.0. The Morgan fingerprint density at radius 1 is 1.28 bits per heavy atom. The van der Waals surface area contributed by atoms with Gasteiger partial charge in [0.2, 0.25) is 0 Å². The SMILES string of the molecule is CN([C@H]1CCN[C@@H](CO)C1)[SH]1C(c2ccc(-c3cn[nH]c3)cc2O)=Nc2scnc21.Cl.Cl. The van der Waals surface area contributed by atoms with E-state index in [1.165, 1.54) is 11.3 Å². The minimum Gasteiger partial charge on any atom is -0.507 e. The van der Waals surface area contributed by atoms with Gasteiger partial charge in [-0.15, -0.1) is 47.2 Å². The predicted octanol–water partition coefficient (Wildman–Crippen LogP) is 3.49. The molecule has 5 rings (SSSR count). The summed E-state index contributed by atoms with van der Waals surface area (Å²) < 4.78 is 2.37. The van der Waals surface area contributed by atoms with Gasteiger partial charge in [0.1, 0.15) is 15.8 Å².